The van der Waals surface area contributed by atoms with Gasteiger partial charge in [0, 0.05) is 18.0 Å². The highest BCUT2D eigenvalue weighted by Crippen LogP contribution is 2.44. The summed E-state index contributed by atoms with van der Waals surface area (Å²) in [4.78, 5) is 14.1. The van der Waals surface area contributed by atoms with Gasteiger partial charge in [-0.15, -0.1) is 11.3 Å². The van der Waals surface area contributed by atoms with E-state index >= 15 is 0 Å². The number of benzene rings is 1. The van der Waals surface area contributed by atoms with Crippen molar-refractivity contribution in [3.05, 3.63) is 58.9 Å². The Morgan fingerprint density at radius 1 is 1.23 bits per heavy atom. The van der Waals surface area contributed by atoms with Crippen LogP contribution >= 0.6 is 11.3 Å². The molecule has 5 rings (SSSR count). The third kappa shape index (κ3) is 2.75. The van der Waals surface area contributed by atoms with Gasteiger partial charge in [0.05, 0.1) is 0 Å². The van der Waals surface area contributed by atoms with Gasteiger partial charge in [-0.05, 0) is 66.3 Å². The quantitative estimate of drug-likeness (QED) is 0.705. The summed E-state index contributed by atoms with van der Waals surface area (Å²) in [5.41, 5.74) is 1.55. The fraction of sp³-hybridized carbons (Fsp3) is 0.381. The molecule has 0 spiro atoms. The molecule has 1 aromatic carbocycles. The average molecular weight is 368 g/mol. The van der Waals surface area contributed by atoms with Gasteiger partial charge in [-0.2, -0.15) is 0 Å². The number of fused-ring (bicyclic) bond motifs is 3. The van der Waals surface area contributed by atoms with Gasteiger partial charge in [0.15, 0.2) is 0 Å². The third-order valence-electron chi connectivity index (χ3n) is 6.02. The van der Waals surface area contributed by atoms with Crippen molar-refractivity contribution in [1.29, 1.82) is 0 Å². The summed E-state index contributed by atoms with van der Waals surface area (Å²) in [5, 5.41) is 6.39. The van der Waals surface area contributed by atoms with E-state index in [-0.39, 0.29) is 11.7 Å². The molecular formula is C21H21FN2OS. The molecule has 2 bridgehead atoms. The van der Waals surface area contributed by atoms with Crippen molar-refractivity contribution in [3.63, 3.8) is 0 Å². The number of hydrogen-bond donors (Lipinski definition) is 1. The van der Waals surface area contributed by atoms with E-state index < -0.39 is 0 Å². The SMILES string of the molecule is O=C(N[C@@H]1C[C@@H]2CC[C@@H]1C2)c1cc2ccsc2n1Cc1cccc(F)c1. The van der Waals surface area contributed by atoms with Crippen LogP contribution in [0.5, 0.6) is 0 Å². The Bertz CT molecular complexity index is 975. The van der Waals surface area contributed by atoms with E-state index in [1.54, 1.807) is 17.4 Å². The fourth-order valence-corrected chi connectivity index (χ4v) is 5.70. The van der Waals surface area contributed by atoms with Crippen LogP contribution in [0.1, 0.15) is 41.7 Å². The van der Waals surface area contributed by atoms with Gasteiger partial charge in [0.2, 0.25) is 0 Å². The second kappa shape index (κ2) is 6.23. The molecule has 2 aromatic heterocycles. The van der Waals surface area contributed by atoms with E-state index in [0.717, 1.165) is 28.1 Å². The van der Waals surface area contributed by atoms with Crippen LogP contribution < -0.4 is 5.32 Å². The minimum absolute atomic E-state index is 0.00218. The van der Waals surface area contributed by atoms with Crippen LogP contribution in [-0.4, -0.2) is 16.5 Å². The molecule has 26 heavy (non-hydrogen) atoms. The lowest BCUT2D eigenvalue weighted by atomic mass is 9.95. The second-order valence-corrected chi connectivity index (χ2v) is 8.58. The summed E-state index contributed by atoms with van der Waals surface area (Å²) < 4.78 is 15.6. The molecule has 2 aliphatic carbocycles. The van der Waals surface area contributed by atoms with Crippen LogP contribution in [0.2, 0.25) is 0 Å². The van der Waals surface area contributed by atoms with Crippen molar-refractivity contribution in [2.75, 3.05) is 0 Å². The van der Waals surface area contributed by atoms with Gasteiger partial charge in [-0.25, -0.2) is 4.39 Å². The van der Waals surface area contributed by atoms with Crippen LogP contribution in [0.15, 0.2) is 41.8 Å². The summed E-state index contributed by atoms with van der Waals surface area (Å²) in [6.45, 7) is 0.501. The molecule has 3 atom stereocenters. The molecule has 2 fully saturated rings. The molecule has 3 aromatic rings. The first-order chi connectivity index (χ1) is 12.7. The monoisotopic (exact) mass is 368 g/mol. The third-order valence-corrected chi connectivity index (χ3v) is 6.97. The van der Waals surface area contributed by atoms with E-state index in [1.807, 2.05) is 28.1 Å². The maximum atomic E-state index is 13.6. The Morgan fingerprint density at radius 2 is 2.15 bits per heavy atom. The molecule has 2 saturated carbocycles. The molecule has 3 nitrogen and oxygen atoms in total. The van der Waals surface area contributed by atoms with Crippen molar-refractivity contribution in [1.82, 2.24) is 9.88 Å². The lowest BCUT2D eigenvalue weighted by Crippen LogP contribution is -2.39. The number of rotatable bonds is 4. The van der Waals surface area contributed by atoms with Crippen molar-refractivity contribution in [3.8, 4) is 0 Å². The van der Waals surface area contributed by atoms with Crippen LogP contribution in [0.4, 0.5) is 4.39 Å². The molecule has 134 valence electrons. The van der Waals surface area contributed by atoms with Crippen LogP contribution in [-0.2, 0) is 6.54 Å². The van der Waals surface area contributed by atoms with Gasteiger partial charge >= 0.3 is 0 Å². The molecule has 2 heterocycles. The van der Waals surface area contributed by atoms with Gasteiger partial charge in [-0.3, -0.25) is 4.79 Å². The first-order valence-corrected chi connectivity index (χ1v) is 10.2. The fourth-order valence-electron chi connectivity index (χ4n) is 4.80. The van der Waals surface area contributed by atoms with Crippen LogP contribution in [0.25, 0.3) is 10.2 Å². The molecule has 0 radical (unpaired) electrons. The van der Waals surface area contributed by atoms with Crippen LogP contribution in [0.3, 0.4) is 0 Å². The zero-order chi connectivity index (χ0) is 17.7. The zero-order valence-corrected chi connectivity index (χ0v) is 15.3. The predicted octanol–water partition coefficient (Wildman–Crippen LogP) is 4.81. The Hall–Kier alpha value is -2.14. The van der Waals surface area contributed by atoms with E-state index in [0.29, 0.717) is 24.2 Å². The Balaban J connectivity index is 1.45. The van der Waals surface area contributed by atoms with Crippen molar-refractivity contribution < 1.29 is 9.18 Å². The van der Waals surface area contributed by atoms with E-state index in [1.165, 1.54) is 31.4 Å². The molecule has 5 heteroatoms. The maximum Gasteiger partial charge on any atom is 0.268 e. The highest BCUT2D eigenvalue weighted by Gasteiger charge is 2.40. The lowest BCUT2D eigenvalue weighted by molar-refractivity contribution is 0.0914. The summed E-state index contributed by atoms with van der Waals surface area (Å²) in [6.07, 6.45) is 4.96. The van der Waals surface area contributed by atoms with Gasteiger partial charge in [0.1, 0.15) is 16.3 Å². The second-order valence-electron chi connectivity index (χ2n) is 7.68. The molecular weight excluding hydrogens is 347 g/mol. The number of nitrogens with one attached hydrogen (secondary N) is 1. The van der Waals surface area contributed by atoms with E-state index in [4.69, 9.17) is 0 Å². The average Bonchev–Trinajstić information content (AvgIpc) is 3.37. The standard InChI is InChI=1S/C21H21FN2OS/c22-17-3-1-2-14(9-17)12-24-19(11-16-6-7-26-21(16)24)20(25)23-18-10-13-4-5-15(18)8-13/h1-3,6-7,9,11,13,15,18H,4-5,8,10,12H2,(H,23,25)/t13-,15-,18-/m1/s1. The minimum atomic E-state index is -0.245. The molecule has 2 aliphatic rings. The van der Waals surface area contributed by atoms with Gasteiger partial charge in [0.25, 0.3) is 5.91 Å². The number of carbonyl (C=O) groups excluding carboxylic acids is 1. The number of amides is 1. The first kappa shape index (κ1) is 16.1. The first-order valence-electron chi connectivity index (χ1n) is 9.29. The molecule has 1 amide bonds. The number of halogens is 1. The zero-order valence-electron chi connectivity index (χ0n) is 14.5. The number of carbonyl (C=O) groups is 1. The van der Waals surface area contributed by atoms with E-state index in [9.17, 15) is 9.18 Å². The summed E-state index contributed by atoms with van der Waals surface area (Å²) >= 11 is 1.62. The topological polar surface area (TPSA) is 34.0 Å². The normalized spacial score (nSPS) is 24.4. The van der Waals surface area contributed by atoms with Crippen molar-refractivity contribution in [2.24, 2.45) is 11.8 Å². The highest BCUT2D eigenvalue weighted by molar-refractivity contribution is 7.16. The summed E-state index contributed by atoms with van der Waals surface area (Å²) in [5.74, 6) is 1.21. The lowest BCUT2D eigenvalue weighted by Gasteiger charge is -2.23. The number of hydrogen-bond acceptors (Lipinski definition) is 2. The molecule has 0 aliphatic heterocycles. The Morgan fingerprint density at radius 3 is 2.92 bits per heavy atom. The van der Waals surface area contributed by atoms with E-state index in [2.05, 4.69) is 5.32 Å². The smallest absolute Gasteiger partial charge is 0.268 e. The largest absolute Gasteiger partial charge is 0.348 e. The maximum absolute atomic E-state index is 13.6. The minimum Gasteiger partial charge on any atom is -0.348 e. The van der Waals surface area contributed by atoms with Gasteiger partial charge < -0.3 is 9.88 Å². The number of aromatic nitrogens is 1. The summed E-state index contributed by atoms with van der Waals surface area (Å²) in [7, 11) is 0. The Labute approximate surface area is 155 Å². The summed E-state index contributed by atoms with van der Waals surface area (Å²) in [6, 6.07) is 10.9. The van der Waals surface area contributed by atoms with Crippen LogP contribution in [0, 0.1) is 17.7 Å². The van der Waals surface area contributed by atoms with Gasteiger partial charge in [-0.1, -0.05) is 18.6 Å². The van der Waals surface area contributed by atoms with Crippen molar-refractivity contribution in [2.45, 2.75) is 38.3 Å². The molecule has 0 unspecified atom stereocenters. The number of thiophene rings is 1. The number of nitrogens with zero attached hydrogens (tertiary/aromatic N) is 1. The Kier molecular flexibility index (Phi) is 3.85. The molecule has 1 N–H and O–H groups in total. The van der Waals surface area contributed by atoms with Crippen molar-refractivity contribution >= 4 is 27.5 Å². The molecule has 0 saturated heterocycles. The predicted molar refractivity (Wildman–Crippen MR) is 102 cm³/mol. The highest BCUT2D eigenvalue weighted by atomic mass is 32.1.